The number of rotatable bonds is 19. The Bertz CT molecular complexity index is 1490. The largest absolute Gasteiger partial charge is 0.478 e. The van der Waals surface area contributed by atoms with Crippen molar-refractivity contribution in [3.63, 3.8) is 0 Å². The van der Waals surface area contributed by atoms with Crippen molar-refractivity contribution < 1.29 is 19.1 Å². The van der Waals surface area contributed by atoms with E-state index < -0.39 is 5.60 Å². The lowest BCUT2D eigenvalue weighted by molar-refractivity contribution is -0.146. The van der Waals surface area contributed by atoms with Crippen LogP contribution in [0.3, 0.4) is 0 Å². The number of carbonyl (C=O) groups is 3. The number of allylic oxidation sites excluding steroid dienone is 9. The minimum atomic E-state index is -1.13. The van der Waals surface area contributed by atoms with Gasteiger partial charge in [-0.05, 0) is 114 Å². The molecule has 2 aromatic carbocycles. The summed E-state index contributed by atoms with van der Waals surface area (Å²) in [6, 6.07) is 13.5. The lowest BCUT2D eigenvalue weighted by atomic mass is 10.0. The van der Waals surface area contributed by atoms with E-state index in [0.717, 1.165) is 51.4 Å². The highest BCUT2D eigenvalue weighted by atomic mass is 35.5. The van der Waals surface area contributed by atoms with Gasteiger partial charge < -0.3 is 14.5 Å². The van der Waals surface area contributed by atoms with Crippen molar-refractivity contribution in [3.05, 3.63) is 125 Å². The van der Waals surface area contributed by atoms with Crippen molar-refractivity contribution in [2.75, 3.05) is 20.1 Å². The predicted octanol–water partition coefficient (Wildman–Crippen LogP) is 9.71. The van der Waals surface area contributed by atoms with Gasteiger partial charge in [0.2, 0.25) is 5.91 Å². The van der Waals surface area contributed by atoms with Gasteiger partial charge >= 0.3 is 0 Å². The summed E-state index contributed by atoms with van der Waals surface area (Å²) < 4.78 is 6.10. The molecule has 1 heterocycles. The summed E-state index contributed by atoms with van der Waals surface area (Å²) in [7, 11) is 1.77. The van der Waals surface area contributed by atoms with Gasteiger partial charge in [0.05, 0.1) is 6.04 Å². The van der Waals surface area contributed by atoms with Crippen LogP contribution in [0.25, 0.3) is 0 Å². The molecule has 1 fully saturated rings. The maximum atomic E-state index is 13.5. The molecule has 49 heavy (non-hydrogen) atoms. The van der Waals surface area contributed by atoms with Crippen LogP contribution in [0, 0.1) is 0 Å². The van der Waals surface area contributed by atoms with E-state index in [4.69, 9.17) is 16.3 Å². The number of unbranched alkanes of at least 4 members (excludes halogenated alkanes) is 2. The van der Waals surface area contributed by atoms with Gasteiger partial charge in [0.25, 0.3) is 5.91 Å². The third-order valence-electron chi connectivity index (χ3n) is 8.41. The number of ketones is 1. The van der Waals surface area contributed by atoms with Gasteiger partial charge in [-0.25, -0.2) is 0 Å². The number of likely N-dealkylation sites (tertiary alicyclic amines) is 1. The van der Waals surface area contributed by atoms with Crippen LogP contribution in [0.5, 0.6) is 5.75 Å². The standard InChI is InChI=1S/C42H53ClN2O4/c1-5-6-7-8-9-10-11-12-13-14-15-16-17-18-19-20-21-22-39(46)45-32-31-37(33-45)44(4)41(48)42(2,3)49-38-29-25-35(26-30-38)40(47)34-23-27-36(43)28-24-34/h6-7,9-10,12-13,15-16,20-21,23-30,37H,5,8,11,14,17-19,22,31-33H2,1-4H3/b7-6-,10-9-,13-12-,16-15-,21-20+/t37-/m0/s1. The molecule has 262 valence electrons. The zero-order valence-corrected chi connectivity index (χ0v) is 30.4. The minimum Gasteiger partial charge on any atom is -0.478 e. The van der Waals surface area contributed by atoms with Crippen LogP contribution in [-0.4, -0.2) is 59.2 Å². The number of carbonyl (C=O) groups excluding carboxylic acids is 3. The fourth-order valence-corrected chi connectivity index (χ4v) is 5.66. The molecule has 0 radical (unpaired) electrons. The number of hydrogen-bond donors (Lipinski definition) is 0. The maximum Gasteiger partial charge on any atom is 0.266 e. The van der Waals surface area contributed by atoms with Crippen molar-refractivity contribution in [1.29, 1.82) is 0 Å². The first-order valence-electron chi connectivity index (χ1n) is 17.5. The lowest BCUT2D eigenvalue weighted by Crippen LogP contribution is -2.51. The summed E-state index contributed by atoms with van der Waals surface area (Å²) in [6.45, 7) is 6.77. The van der Waals surface area contributed by atoms with Gasteiger partial charge in [-0.1, -0.05) is 79.3 Å². The van der Waals surface area contributed by atoms with Crippen molar-refractivity contribution in [1.82, 2.24) is 9.80 Å². The topological polar surface area (TPSA) is 66.9 Å². The van der Waals surface area contributed by atoms with Crippen LogP contribution >= 0.6 is 11.6 Å². The maximum absolute atomic E-state index is 13.5. The van der Waals surface area contributed by atoms with E-state index in [0.29, 0.717) is 41.4 Å². The fraction of sp³-hybridized carbons (Fsp3) is 0.405. The first-order chi connectivity index (χ1) is 23.6. The number of amides is 2. The summed E-state index contributed by atoms with van der Waals surface area (Å²) in [5.41, 5.74) is -0.0713. The lowest BCUT2D eigenvalue weighted by Gasteiger charge is -2.33. The molecule has 0 spiro atoms. The monoisotopic (exact) mass is 684 g/mol. The summed E-state index contributed by atoms with van der Waals surface area (Å²) in [6.07, 6.45) is 29.9. The molecule has 3 rings (SSSR count). The number of halogens is 1. The van der Waals surface area contributed by atoms with E-state index in [9.17, 15) is 14.4 Å². The molecule has 6 nitrogen and oxygen atoms in total. The van der Waals surface area contributed by atoms with Crippen molar-refractivity contribution in [2.24, 2.45) is 0 Å². The van der Waals surface area contributed by atoms with Crippen LogP contribution < -0.4 is 4.74 Å². The van der Waals surface area contributed by atoms with Crippen LogP contribution in [0.15, 0.2) is 109 Å². The second-order valence-corrected chi connectivity index (χ2v) is 13.2. The molecule has 2 aromatic rings. The van der Waals surface area contributed by atoms with Gasteiger partial charge in [0.1, 0.15) is 5.75 Å². The molecule has 2 amide bonds. The van der Waals surface area contributed by atoms with E-state index in [1.54, 1.807) is 74.3 Å². The van der Waals surface area contributed by atoms with Crippen LogP contribution in [-0.2, 0) is 9.59 Å². The first kappa shape index (κ1) is 39.3. The fourth-order valence-electron chi connectivity index (χ4n) is 5.54. The number of likely N-dealkylation sites (N-methyl/N-ethyl adjacent to an activating group) is 1. The van der Waals surface area contributed by atoms with Crippen LogP contribution in [0.4, 0.5) is 0 Å². The molecule has 0 aliphatic carbocycles. The van der Waals surface area contributed by atoms with Gasteiger partial charge in [-0.2, -0.15) is 0 Å². The van der Waals surface area contributed by atoms with Crippen molar-refractivity contribution in [3.8, 4) is 5.75 Å². The second-order valence-electron chi connectivity index (χ2n) is 12.8. The van der Waals surface area contributed by atoms with E-state index in [1.807, 2.05) is 11.0 Å². The Morgan fingerprint density at radius 3 is 1.94 bits per heavy atom. The Morgan fingerprint density at radius 2 is 1.35 bits per heavy atom. The smallest absolute Gasteiger partial charge is 0.266 e. The van der Waals surface area contributed by atoms with Gasteiger partial charge in [-0.3, -0.25) is 14.4 Å². The Balaban J connectivity index is 1.33. The molecular weight excluding hydrogens is 632 g/mol. The van der Waals surface area contributed by atoms with Crippen molar-refractivity contribution in [2.45, 2.75) is 90.2 Å². The van der Waals surface area contributed by atoms with Gasteiger partial charge in [0, 0.05) is 42.7 Å². The number of benzene rings is 2. The van der Waals surface area contributed by atoms with E-state index in [-0.39, 0.29) is 23.6 Å². The summed E-state index contributed by atoms with van der Waals surface area (Å²) in [5.74, 6) is 0.295. The first-order valence-corrected chi connectivity index (χ1v) is 17.9. The zero-order valence-electron chi connectivity index (χ0n) is 29.7. The van der Waals surface area contributed by atoms with Gasteiger partial charge in [0.15, 0.2) is 11.4 Å². The van der Waals surface area contributed by atoms with Crippen molar-refractivity contribution >= 4 is 29.2 Å². The molecule has 0 unspecified atom stereocenters. The second kappa shape index (κ2) is 21.0. The molecule has 1 aliphatic rings. The third-order valence-corrected chi connectivity index (χ3v) is 8.67. The molecule has 0 N–H and O–H groups in total. The highest BCUT2D eigenvalue weighted by Gasteiger charge is 2.38. The molecule has 0 bridgehead atoms. The molecule has 7 heteroatoms. The van der Waals surface area contributed by atoms with E-state index in [1.165, 1.54) is 0 Å². The molecular formula is C42H53ClN2O4. The zero-order chi connectivity index (χ0) is 35.5. The van der Waals surface area contributed by atoms with Crippen LogP contribution in [0.2, 0.25) is 5.02 Å². The average molecular weight is 685 g/mol. The molecule has 0 aromatic heterocycles. The minimum absolute atomic E-state index is 0.0752. The predicted molar refractivity (Wildman–Crippen MR) is 202 cm³/mol. The summed E-state index contributed by atoms with van der Waals surface area (Å²) in [4.78, 5) is 42.7. The Kier molecular flexibility index (Phi) is 16.9. The van der Waals surface area contributed by atoms with E-state index in [2.05, 4.69) is 61.6 Å². The molecule has 1 saturated heterocycles. The number of ether oxygens (including phenoxy) is 1. The van der Waals surface area contributed by atoms with Gasteiger partial charge in [-0.15, -0.1) is 0 Å². The molecule has 1 aliphatic heterocycles. The number of nitrogens with zero attached hydrogens (tertiary/aromatic N) is 2. The third kappa shape index (κ3) is 13.7. The highest BCUT2D eigenvalue weighted by Crippen LogP contribution is 2.25. The molecule has 1 atom stereocenters. The summed E-state index contributed by atoms with van der Waals surface area (Å²) in [5, 5.41) is 0.571. The SMILES string of the molecule is CC/C=C\C/C=C\C/C=C\C/C=C\CCC/C=C/CC(=O)N1CC[C@H](N(C)C(=O)C(C)(C)Oc2ccc(C(=O)c3ccc(Cl)cc3)cc2)C1. The highest BCUT2D eigenvalue weighted by molar-refractivity contribution is 6.30. The Morgan fingerprint density at radius 1 is 0.816 bits per heavy atom. The van der Waals surface area contributed by atoms with E-state index >= 15 is 0 Å². The summed E-state index contributed by atoms with van der Waals surface area (Å²) >= 11 is 5.94. The Labute approximate surface area is 298 Å². The normalized spacial score (nSPS) is 15.4. The molecule has 0 saturated carbocycles. The quantitative estimate of drug-likeness (QED) is 0.0840. The average Bonchev–Trinajstić information content (AvgIpc) is 3.60. The Hall–Kier alpha value is -4.16. The van der Waals surface area contributed by atoms with Crippen LogP contribution in [0.1, 0.15) is 94.5 Å². The number of hydrogen-bond acceptors (Lipinski definition) is 4.